The number of amides is 2. The van der Waals surface area contributed by atoms with E-state index >= 15 is 0 Å². The van der Waals surface area contributed by atoms with Crippen molar-refractivity contribution in [2.45, 2.75) is 26.3 Å². The van der Waals surface area contributed by atoms with Crippen LogP contribution in [0.3, 0.4) is 0 Å². The summed E-state index contributed by atoms with van der Waals surface area (Å²) in [6, 6.07) is 15.5. The first-order valence-corrected chi connectivity index (χ1v) is 11.2. The Morgan fingerprint density at radius 1 is 1.19 bits per heavy atom. The molecule has 0 atom stereocenters. The van der Waals surface area contributed by atoms with Crippen molar-refractivity contribution >= 4 is 44.7 Å². The molecule has 0 aliphatic carbocycles. The van der Waals surface area contributed by atoms with Crippen LogP contribution in [-0.2, 0) is 11.3 Å². The predicted molar refractivity (Wildman–Crippen MR) is 124 cm³/mol. The third kappa shape index (κ3) is 3.89. The van der Waals surface area contributed by atoms with Crippen molar-refractivity contribution in [2.24, 2.45) is 0 Å². The Balaban J connectivity index is 1.37. The number of hydrogen-bond donors (Lipinski definition) is 1. The molecule has 6 nitrogen and oxygen atoms in total. The van der Waals surface area contributed by atoms with Gasteiger partial charge in [-0.25, -0.2) is 4.39 Å². The standard InChI is InChI=1S/C24H21FN4O2S/c1-15-20-13-21(32-24(20)29(27-15)14-16-7-9-17(25)10-8-16)23(31)26-18-4-2-5-19(12-18)28-11-3-6-22(28)30/h2,4-5,7-10,12-13H,3,6,11,14H2,1H3,(H,26,31). The van der Waals surface area contributed by atoms with Crippen molar-refractivity contribution < 1.29 is 14.0 Å². The highest BCUT2D eigenvalue weighted by atomic mass is 32.1. The van der Waals surface area contributed by atoms with Gasteiger partial charge in [0, 0.05) is 29.7 Å². The molecular weight excluding hydrogens is 427 g/mol. The van der Waals surface area contributed by atoms with Gasteiger partial charge in [-0.2, -0.15) is 5.10 Å². The number of aryl methyl sites for hydroxylation is 1. The van der Waals surface area contributed by atoms with E-state index in [1.54, 1.807) is 17.0 Å². The molecule has 2 amide bonds. The summed E-state index contributed by atoms with van der Waals surface area (Å²) >= 11 is 1.37. The molecule has 0 bridgehead atoms. The molecule has 4 aromatic rings. The van der Waals surface area contributed by atoms with Crippen LogP contribution >= 0.6 is 11.3 Å². The number of nitrogens with one attached hydrogen (secondary N) is 1. The lowest BCUT2D eigenvalue weighted by Gasteiger charge is -2.16. The molecule has 32 heavy (non-hydrogen) atoms. The van der Waals surface area contributed by atoms with E-state index in [-0.39, 0.29) is 17.6 Å². The van der Waals surface area contributed by atoms with Crippen LogP contribution in [0, 0.1) is 12.7 Å². The van der Waals surface area contributed by atoms with Crippen LogP contribution < -0.4 is 10.2 Å². The van der Waals surface area contributed by atoms with Crippen molar-refractivity contribution in [2.75, 3.05) is 16.8 Å². The maximum Gasteiger partial charge on any atom is 0.265 e. The minimum atomic E-state index is -0.274. The third-order valence-corrected chi connectivity index (χ3v) is 6.71. The average Bonchev–Trinajstić information content (AvgIpc) is 3.47. The zero-order valence-corrected chi connectivity index (χ0v) is 18.3. The minimum absolute atomic E-state index is 0.110. The number of anilines is 2. The predicted octanol–water partition coefficient (Wildman–Crippen LogP) is 4.97. The monoisotopic (exact) mass is 448 g/mol. The van der Waals surface area contributed by atoms with Crippen LogP contribution in [0.1, 0.15) is 33.8 Å². The van der Waals surface area contributed by atoms with Gasteiger partial charge in [0.15, 0.2) is 0 Å². The number of carbonyl (C=O) groups excluding carboxylic acids is 2. The van der Waals surface area contributed by atoms with E-state index in [0.717, 1.165) is 33.6 Å². The number of halogens is 1. The number of benzene rings is 2. The van der Waals surface area contributed by atoms with Gasteiger partial charge in [0.05, 0.1) is 17.1 Å². The highest BCUT2D eigenvalue weighted by molar-refractivity contribution is 7.20. The molecule has 1 aliphatic rings. The summed E-state index contributed by atoms with van der Waals surface area (Å²) in [6.07, 6.45) is 1.41. The Hall–Kier alpha value is -3.52. The van der Waals surface area contributed by atoms with Crippen LogP contribution in [-0.4, -0.2) is 28.1 Å². The van der Waals surface area contributed by atoms with Gasteiger partial charge >= 0.3 is 0 Å². The number of nitrogens with zero attached hydrogens (tertiary/aromatic N) is 3. The summed E-state index contributed by atoms with van der Waals surface area (Å²) in [5.74, 6) is -0.369. The lowest BCUT2D eigenvalue weighted by atomic mass is 10.2. The molecule has 2 aromatic heterocycles. The Morgan fingerprint density at radius 2 is 2.00 bits per heavy atom. The van der Waals surface area contributed by atoms with E-state index in [1.807, 2.05) is 41.9 Å². The van der Waals surface area contributed by atoms with E-state index in [0.29, 0.717) is 30.1 Å². The van der Waals surface area contributed by atoms with Crippen molar-refractivity contribution in [3.05, 3.63) is 76.5 Å². The second-order valence-electron chi connectivity index (χ2n) is 7.85. The average molecular weight is 449 g/mol. The van der Waals surface area contributed by atoms with Gasteiger partial charge in [0.2, 0.25) is 5.91 Å². The van der Waals surface area contributed by atoms with Gasteiger partial charge < -0.3 is 10.2 Å². The lowest BCUT2D eigenvalue weighted by Crippen LogP contribution is -2.23. The smallest absolute Gasteiger partial charge is 0.265 e. The maximum absolute atomic E-state index is 13.2. The van der Waals surface area contributed by atoms with E-state index in [2.05, 4.69) is 10.4 Å². The van der Waals surface area contributed by atoms with Crippen LogP contribution in [0.25, 0.3) is 10.2 Å². The largest absolute Gasteiger partial charge is 0.321 e. The third-order valence-electron chi connectivity index (χ3n) is 5.57. The first-order chi connectivity index (χ1) is 15.5. The van der Waals surface area contributed by atoms with Crippen molar-refractivity contribution in [3.63, 3.8) is 0 Å². The molecule has 1 N–H and O–H groups in total. The molecule has 0 spiro atoms. The molecule has 8 heteroatoms. The second-order valence-corrected chi connectivity index (χ2v) is 8.88. The summed E-state index contributed by atoms with van der Waals surface area (Å²) < 4.78 is 15.0. The fourth-order valence-corrected chi connectivity index (χ4v) is 5.02. The van der Waals surface area contributed by atoms with Crippen molar-refractivity contribution in [1.82, 2.24) is 9.78 Å². The molecule has 1 aliphatic heterocycles. The second kappa shape index (κ2) is 8.20. The molecule has 1 saturated heterocycles. The van der Waals surface area contributed by atoms with E-state index in [1.165, 1.54) is 23.5 Å². The molecule has 0 saturated carbocycles. The number of fused-ring (bicyclic) bond motifs is 1. The molecule has 162 valence electrons. The number of aromatic nitrogens is 2. The van der Waals surface area contributed by atoms with Gasteiger partial charge in [0.25, 0.3) is 5.91 Å². The lowest BCUT2D eigenvalue weighted by molar-refractivity contribution is -0.117. The van der Waals surface area contributed by atoms with Gasteiger partial charge in [-0.1, -0.05) is 18.2 Å². The number of rotatable bonds is 5. The van der Waals surface area contributed by atoms with E-state index in [4.69, 9.17) is 0 Å². The Morgan fingerprint density at radius 3 is 2.75 bits per heavy atom. The Bertz CT molecular complexity index is 1330. The SMILES string of the molecule is Cc1nn(Cc2ccc(F)cc2)c2sc(C(=O)Nc3cccc(N4CCCC4=O)c3)cc12. The number of hydrogen-bond acceptors (Lipinski definition) is 4. The summed E-state index contributed by atoms with van der Waals surface area (Å²) in [5.41, 5.74) is 3.22. The summed E-state index contributed by atoms with van der Waals surface area (Å²) in [6.45, 7) is 3.11. The summed E-state index contributed by atoms with van der Waals surface area (Å²) in [7, 11) is 0. The van der Waals surface area contributed by atoms with Crippen LogP contribution in [0.5, 0.6) is 0 Å². The first kappa shape index (κ1) is 20.4. The topological polar surface area (TPSA) is 67.2 Å². The van der Waals surface area contributed by atoms with Crippen LogP contribution in [0.4, 0.5) is 15.8 Å². The Kier molecular flexibility index (Phi) is 5.22. The van der Waals surface area contributed by atoms with Gasteiger partial charge in [-0.3, -0.25) is 14.3 Å². The highest BCUT2D eigenvalue weighted by Crippen LogP contribution is 2.30. The van der Waals surface area contributed by atoms with Crippen molar-refractivity contribution in [3.8, 4) is 0 Å². The molecule has 5 rings (SSSR count). The minimum Gasteiger partial charge on any atom is -0.321 e. The molecular formula is C24H21FN4O2S. The number of carbonyl (C=O) groups is 2. The van der Waals surface area contributed by atoms with E-state index in [9.17, 15) is 14.0 Å². The quantitative estimate of drug-likeness (QED) is 0.469. The van der Waals surface area contributed by atoms with Gasteiger partial charge in [0.1, 0.15) is 10.6 Å². The molecule has 1 fully saturated rings. The fraction of sp³-hybridized carbons (Fsp3) is 0.208. The number of thiophene rings is 1. The highest BCUT2D eigenvalue weighted by Gasteiger charge is 2.22. The van der Waals surface area contributed by atoms with E-state index < -0.39 is 0 Å². The van der Waals surface area contributed by atoms with Crippen molar-refractivity contribution in [1.29, 1.82) is 0 Å². The molecule has 2 aromatic carbocycles. The van der Waals surface area contributed by atoms with Crippen LogP contribution in [0.2, 0.25) is 0 Å². The molecule has 0 unspecified atom stereocenters. The summed E-state index contributed by atoms with van der Waals surface area (Å²) in [5, 5.41) is 8.45. The molecule has 3 heterocycles. The zero-order chi connectivity index (χ0) is 22.2. The molecule has 0 radical (unpaired) electrons. The zero-order valence-electron chi connectivity index (χ0n) is 17.5. The summed E-state index contributed by atoms with van der Waals surface area (Å²) in [4.78, 5) is 28.2. The van der Waals surface area contributed by atoms with Gasteiger partial charge in [-0.05, 0) is 55.3 Å². The first-order valence-electron chi connectivity index (χ1n) is 10.4. The Labute approximate surface area is 188 Å². The maximum atomic E-state index is 13.2. The normalized spacial score (nSPS) is 13.8. The van der Waals surface area contributed by atoms with Gasteiger partial charge in [-0.15, -0.1) is 11.3 Å². The van der Waals surface area contributed by atoms with Crippen LogP contribution in [0.15, 0.2) is 54.6 Å². The fourth-order valence-electron chi connectivity index (χ4n) is 3.96.